The zero-order valence-electron chi connectivity index (χ0n) is 14.5. The number of carbonyl (C=O) groups is 2. The topological polar surface area (TPSA) is 49.9 Å². The first kappa shape index (κ1) is 17.4. The number of thiophene rings is 1. The van der Waals surface area contributed by atoms with Crippen LogP contribution in [-0.4, -0.2) is 61.5 Å². The van der Waals surface area contributed by atoms with Crippen molar-refractivity contribution in [2.75, 3.05) is 39.9 Å². The summed E-state index contributed by atoms with van der Waals surface area (Å²) in [5, 5.41) is 1.97. The third kappa shape index (κ3) is 3.22. The van der Waals surface area contributed by atoms with E-state index in [2.05, 4.69) is 0 Å². The van der Waals surface area contributed by atoms with Crippen molar-refractivity contribution in [3.8, 4) is 0 Å². The molecule has 2 saturated heterocycles. The van der Waals surface area contributed by atoms with Crippen LogP contribution in [0.15, 0.2) is 11.4 Å². The van der Waals surface area contributed by atoms with E-state index >= 15 is 0 Å². The molecule has 1 unspecified atom stereocenters. The molecule has 24 heavy (non-hydrogen) atoms. The fraction of sp³-hybridized carbons (Fsp3) is 0.667. The lowest BCUT2D eigenvalue weighted by Crippen LogP contribution is -2.37. The van der Waals surface area contributed by atoms with Gasteiger partial charge in [0.25, 0.3) is 5.91 Å². The molecule has 0 saturated carbocycles. The predicted molar refractivity (Wildman–Crippen MR) is 94.3 cm³/mol. The van der Waals surface area contributed by atoms with Gasteiger partial charge in [-0.25, -0.2) is 0 Å². The third-order valence-corrected chi connectivity index (χ3v) is 6.33. The summed E-state index contributed by atoms with van der Waals surface area (Å²) in [6.07, 6.45) is 3.49. The molecule has 0 N–H and O–H groups in total. The number of ether oxygens (including phenoxy) is 1. The van der Waals surface area contributed by atoms with Crippen molar-refractivity contribution in [3.63, 3.8) is 0 Å². The maximum atomic E-state index is 12.9. The average Bonchev–Trinajstić information content (AvgIpc) is 3.04. The summed E-state index contributed by atoms with van der Waals surface area (Å²) < 4.78 is 5.11. The molecule has 0 radical (unpaired) electrons. The minimum atomic E-state index is -0.257. The average molecular weight is 350 g/mol. The first-order chi connectivity index (χ1) is 11.6. The number of hydrogen-bond acceptors (Lipinski definition) is 4. The van der Waals surface area contributed by atoms with E-state index < -0.39 is 0 Å². The van der Waals surface area contributed by atoms with Crippen LogP contribution < -0.4 is 0 Å². The van der Waals surface area contributed by atoms with Crippen LogP contribution in [0.1, 0.15) is 40.9 Å². The van der Waals surface area contributed by atoms with Crippen molar-refractivity contribution >= 4 is 23.2 Å². The Balaban J connectivity index is 1.66. The highest BCUT2D eigenvalue weighted by Crippen LogP contribution is 2.41. The van der Waals surface area contributed by atoms with Crippen molar-refractivity contribution in [1.29, 1.82) is 0 Å². The molecule has 1 aromatic heterocycles. The molecule has 6 heteroatoms. The number of methoxy groups -OCH3 is 1. The number of nitrogens with zero attached hydrogens (tertiary/aromatic N) is 2. The smallest absolute Gasteiger partial charge is 0.254 e. The lowest BCUT2D eigenvalue weighted by Gasteiger charge is -2.26. The molecule has 0 aliphatic carbocycles. The summed E-state index contributed by atoms with van der Waals surface area (Å²) in [5.74, 6) is 0.382. The normalized spacial score (nSPS) is 24.7. The molecule has 2 amide bonds. The van der Waals surface area contributed by atoms with Crippen molar-refractivity contribution in [2.45, 2.75) is 32.6 Å². The monoisotopic (exact) mass is 350 g/mol. The quantitative estimate of drug-likeness (QED) is 0.838. The SMILES string of the molecule is COCCN1CCC2(CCCN(C(=O)c3ccsc3C)CC2)C1=O. The van der Waals surface area contributed by atoms with Crippen molar-refractivity contribution in [1.82, 2.24) is 9.80 Å². The first-order valence-corrected chi connectivity index (χ1v) is 9.57. The van der Waals surface area contributed by atoms with E-state index in [0.717, 1.165) is 49.2 Å². The second-order valence-electron chi connectivity index (χ2n) is 6.85. The highest BCUT2D eigenvalue weighted by atomic mass is 32.1. The van der Waals surface area contributed by atoms with Gasteiger partial charge in [0.05, 0.1) is 17.6 Å². The predicted octanol–water partition coefficient (Wildman–Crippen LogP) is 2.55. The Hall–Kier alpha value is -1.40. The molecule has 2 aliphatic rings. The fourth-order valence-electron chi connectivity index (χ4n) is 3.95. The summed E-state index contributed by atoms with van der Waals surface area (Å²) in [7, 11) is 1.66. The minimum absolute atomic E-state index is 0.118. The largest absolute Gasteiger partial charge is 0.383 e. The van der Waals surface area contributed by atoms with Crippen LogP contribution in [0, 0.1) is 12.3 Å². The summed E-state index contributed by atoms with van der Waals surface area (Å²) >= 11 is 1.61. The van der Waals surface area contributed by atoms with Crippen LogP contribution in [0.25, 0.3) is 0 Å². The van der Waals surface area contributed by atoms with Crippen LogP contribution >= 0.6 is 11.3 Å². The van der Waals surface area contributed by atoms with Gasteiger partial charge >= 0.3 is 0 Å². The molecular formula is C18H26N2O3S. The second kappa shape index (κ2) is 7.23. The van der Waals surface area contributed by atoms with Gasteiger partial charge in [-0.15, -0.1) is 11.3 Å². The molecule has 2 aliphatic heterocycles. The zero-order chi connectivity index (χ0) is 17.2. The Labute approximate surface area is 147 Å². The van der Waals surface area contributed by atoms with Crippen LogP contribution in [0.2, 0.25) is 0 Å². The van der Waals surface area contributed by atoms with Crippen molar-refractivity contribution in [3.05, 3.63) is 21.9 Å². The standard InChI is InChI=1S/C18H26N2O3S/c1-14-15(4-13-24-14)16(21)19-8-3-5-18(6-9-19)7-10-20(17(18)22)11-12-23-2/h4,13H,3,5-12H2,1-2H3. The number of amides is 2. The molecule has 5 nitrogen and oxygen atoms in total. The Kier molecular flexibility index (Phi) is 5.25. The van der Waals surface area contributed by atoms with Crippen LogP contribution in [0.5, 0.6) is 0 Å². The Bertz CT molecular complexity index is 615. The molecule has 1 aromatic rings. The van der Waals surface area contributed by atoms with Crippen LogP contribution in [-0.2, 0) is 9.53 Å². The number of likely N-dealkylation sites (tertiary alicyclic amines) is 2. The highest BCUT2D eigenvalue weighted by Gasteiger charge is 2.47. The van der Waals surface area contributed by atoms with Gasteiger partial charge < -0.3 is 14.5 Å². The van der Waals surface area contributed by atoms with Gasteiger partial charge in [0, 0.05) is 38.2 Å². The Morgan fingerprint density at radius 3 is 2.79 bits per heavy atom. The number of aryl methyl sites for hydroxylation is 1. The van der Waals surface area contributed by atoms with Gasteiger partial charge in [-0.05, 0) is 44.1 Å². The maximum Gasteiger partial charge on any atom is 0.254 e. The number of carbonyl (C=O) groups excluding carboxylic acids is 2. The van der Waals surface area contributed by atoms with Crippen molar-refractivity contribution in [2.24, 2.45) is 5.41 Å². The molecule has 3 rings (SSSR count). The molecule has 3 heterocycles. The van der Waals surface area contributed by atoms with E-state index in [1.807, 2.05) is 28.2 Å². The van der Waals surface area contributed by atoms with Crippen molar-refractivity contribution < 1.29 is 14.3 Å². The lowest BCUT2D eigenvalue weighted by atomic mass is 9.79. The van der Waals surface area contributed by atoms with Gasteiger partial charge in [-0.2, -0.15) is 0 Å². The molecule has 1 atom stereocenters. The molecular weight excluding hydrogens is 324 g/mol. The minimum Gasteiger partial charge on any atom is -0.383 e. The van der Waals surface area contributed by atoms with E-state index in [1.54, 1.807) is 18.4 Å². The van der Waals surface area contributed by atoms with E-state index in [-0.39, 0.29) is 17.2 Å². The molecule has 1 spiro atoms. The van der Waals surface area contributed by atoms with Gasteiger partial charge in [-0.1, -0.05) is 0 Å². The fourth-order valence-corrected chi connectivity index (χ4v) is 4.64. The van der Waals surface area contributed by atoms with Gasteiger partial charge in [0.2, 0.25) is 5.91 Å². The Morgan fingerprint density at radius 1 is 1.29 bits per heavy atom. The second-order valence-corrected chi connectivity index (χ2v) is 7.97. The van der Waals surface area contributed by atoms with Gasteiger partial charge in [-0.3, -0.25) is 9.59 Å². The van der Waals surface area contributed by atoms with E-state index in [4.69, 9.17) is 4.74 Å². The molecule has 0 bridgehead atoms. The summed E-state index contributed by atoms with van der Waals surface area (Å²) in [5.41, 5.74) is 0.558. The molecule has 0 aromatic carbocycles. The van der Waals surface area contributed by atoms with Gasteiger partial charge in [0.15, 0.2) is 0 Å². The summed E-state index contributed by atoms with van der Waals surface area (Å²) in [6, 6.07) is 1.91. The third-order valence-electron chi connectivity index (χ3n) is 5.49. The number of hydrogen-bond donors (Lipinski definition) is 0. The summed E-state index contributed by atoms with van der Waals surface area (Å²) in [6.45, 7) is 5.50. The lowest BCUT2D eigenvalue weighted by molar-refractivity contribution is -0.137. The van der Waals surface area contributed by atoms with E-state index in [0.29, 0.717) is 19.7 Å². The summed E-state index contributed by atoms with van der Waals surface area (Å²) in [4.78, 5) is 30.6. The molecule has 2 fully saturated rings. The highest BCUT2D eigenvalue weighted by molar-refractivity contribution is 7.10. The van der Waals surface area contributed by atoms with E-state index in [9.17, 15) is 9.59 Å². The molecule has 132 valence electrons. The zero-order valence-corrected chi connectivity index (χ0v) is 15.4. The first-order valence-electron chi connectivity index (χ1n) is 8.69. The van der Waals surface area contributed by atoms with Crippen LogP contribution in [0.3, 0.4) is 0 Å². The van der Waals surface area contributed by atoms with Crippen LogP contribution in [0.4, 0.5) is 0 Å². The van der Waals surface area contributed by atoms with Gasteiger partial charge in [0.1, 0.15) is 0 Å². The van der Waals surface area contributed by atoms with E-state index in [1.165, 1.54) is 0 Å². The number of rotatable bonds is 4. The Morgan fingerprint density at radius 2 is 2.08 bits per heavy atom. The maximum absolute atomic E-state index is 12.9.